The van der Waals surface area contributed by atoms with Gasteiger partial charge in [0.25, 0.3) is 0 Å². The summed E-state index contributed by atoms with van der Waals surface area (Å²) in [6, 6.07) is 5.24. The molecule has 0 spiro atoms. The van der Waals surface area contributed by atoms with Crippen molar-refractivity contribution in [2.24, 2.45) is 0 Å². The van der Waals surface area contributed by atoms with Crippen LogP contribution in [-0.4, -0.2) is 38.7 Å². The van der Waals surface area contributed by atoms with Gasteiger partial charge < -0.3 is 14.9 Å². The van der Waals surface area contributed by atoms with Gasteiger partial charge in [-0.25, -0.2) is 4.79 Å². The normalized spacial score (nSPS) is 20.8. The zero-order chi connectivity index (χ0) is 15.5. The van der Waals surface area contributed by atoms with Crippen molar-refractivity contribution >= 4 is 11.8 Å². The summed E-state index contributed by atoms with van der Waals surface area (Å²) >= 11 is 0. The molecule has 7 nitrogen and oxygen atoms in total. The molecule has 1 aromatic heterocycles. The molecule has 1 saturated carbocycles. The van der Waals surface area contributed by atoms with E-state index < -0.39 is 6.09 Å². The van der Waals surface area contributed by atoms with Crippen LogP contribution in [-0.2, 0) is 0 Å². The van der Waals surface area contributed by atoms with Gasteiger partial charge in [0, 0.05) is 18.2 Å². The minimum Gasteiger partial charge on any atom is -0.488 e. The molecule has 4 N–H and O–H groups in total. The Balaban J connectivity index is 1.88. The Bertz CT molecular complexity index is 657. The third-order valence-electron chi connectivity index (χ3n) is 3.71. The largest absolute Gasteiger partial charge is 0.488 e. The second kappa shape index (κ2) is 6.07. The first-order chi connectivity index (χ1) is 10.6. The minimum absolute atomic E-state index is 0.107. The molecular weight excluding hydrogens is 286 g/mol. The van der Waals surface area contributed by atoms with Crippen LogP contribution < -0.4 is 10.1 Å². The zero-order valence-corrected chi connectivity index (χ0v) is 11.8. The number of ether oxygens (including phenoxy) is 1. The maximum Gasteiger partial charge on any atom is 0.409 e. The van der Waals surface area contributed by atoms with Gasteiger partial charge in [-0.3, -0.25) is 10.4 Å². The van der Waals surface area contributed by atoms with E-state index in [-0.39, 0.29) is 12.2 Å². The monoisotopic (exact) mass is 303 g/mol. The summed E-state index contributed by atoms with van der Waals surface area (Å²) in [5.74, 6) is 0.459. The molecule has 2 aromatic rings. The van der Waals surface area contributed by atoms with Crippen LogP contribution in [0.5, 0.6) is 5.75 Å². The average Bonchev–Trinajstić information content (AvgIpc) is 3.12. The van der Waals surface area contributed by atoms with Gasteiger partial charge in [0.1, 0.15) is 11.9 Å². The second-order valence-corrected chi connectivity index (χ2v) is 5.33. The van der Waals surface area contributed by atoms with Gasteiger partial charge in [0.15, 0.2) is 0 Å². The van der Waals surface area contributed by atoms with E-state index >= 15 is 0 Å². The van der Waals surface area contributed by atoms with Gasteiger partial charge in [0.05, 0.1) is 18.0 Å². The molecule has 7 heteroatoms. The molecule has 1 aromatic carbocycles. The molecule has 1 heterocycles. The standard InChI is InChI=1S/C15H17N3O4/c19-11-2-3-12(6-11)22-14-5-9(10-7-16-17-8-10)1-4-13(14)18-15(20)21/h1,4-5,7-8,11-12,18-19H,2-3,6H2,(H,16,17)(H,20,21). The number of aliphatic hydroxyl groups is 1. The lowest BCUT2D eigenvalue weighted by Crippen LogP contribution is -2.16. The highest BCUT2D eigenvalue weighted by Crippen LogP contribution is 2.34. The lowest BCUT2D eigenvalue weighted by Gasteiger charge is -2.17. The van der Waals surface area contributed by atoms with Crippen LogP contribution >= 0.6 is 0 Å². The van der Waals surface area contributed by atoms with Crippen molar-refractivity contribution in [3.05, 3.63) is 30.6 Å². The predicted octanol–water partition coefficient (Wildman–Crippen LogP) is 2.46. The topological polar surface area (TPSA) is 107 Å². The Morgan fingerprint density at radius 1 is 1.36 bits per heavy atom. The van der Waals surface area contributed by atoms with Crippen LogP contribution in [0.15, 0.2) is 30.6 Å². The first kappa shape index (κ1) is 14.4. The van der Waals surface area contributed by atoms with Crippen LogP contribution in [0.2, 0.25) is 0 Å². The Morgan fingerprint density at radius 2 is 2.23 bits per heavy atom. The fourth-order valence-corrected chi connectivity index (χ4v) is 2.63. The van der Waals surface area contributed by atoms with Crippen molar-refractivity contribution in [2.45, 2.75) is 31.5 Å². The van der Waals surface area contributed by atoms with Gasteiger partial charge in [-0.05, 0) is 30.5 Å². The Hall–Kier alpha value is -2.54. The molecule has 0 saturated heterocycles. The molecule has 22 heavy (non-hydrogen) atoms. The fourth-order valence-electron chi connectivity index (χ4n) is 2.63. The third kappa shape index (κ3) is 3.20. The van der Waals surface area contributed by atoms with E-state index in [2.05, 4.69) is 15.5 Å². The van der Waals surface area contributed by atoms with Crippen molar-refractivity contribution < 1.29 is 19.7 Å². The van der Waals surface area contributed by atoms with Crippen LogP contribution in [0.3, 0.4) is 0 Å². The summed E-state index contributed by atoms with van der Waals surface area (Å²) in [5.41, 5.74) is 2.15. The molecular formula is C15H17N3O4. The Labute approximate surface area is 126 Å². The first-order valence-electron chi connectivity index (χ1n) is 7.09. The maximum atomic E-state index is 10.9. The summed E-state index contributed by atoms with van der Waals surface area (Å²) in [5, 5.41) is 27.5. The van der Waals surface area contributed by atoms with E-state index in [0.29, 0.717) is 24.3 Å². The van der Waals surface area contributed by atoms with E-state index in [1.807, 2.05) is 0 Å². The first-order valence-corrected chi connectivity index (χ1v) is 7.09. The lowest BCUT2D eigenvalue weighted by atomic mass is 10.1. The minimum atomic E-state index is -1.15. The number of benzene rings is 1. The summed E-state index contributed by atoms with van der Waals surface area (Å²) in [7, 11) is 0. The number of hydrogen-bond acceptors (Lipinski definition) is 4. The lowest BCUT2D eigenvalue weighted by molar-refractivity contribution is 0.150. The highest BCUT2D eigenvalue weighted by atomic mass is 16.5. The Morgan fingerprint density at radius 3 is 2.86 bits per heavy atom. The van der Waals surface area contributed by atoms with Gasteiger partial charge in [-0.15, -0.1) is 0 Å². The van der Waals surface area contributed by atoms with Crippen LogP contribution in [0.4, 0.5) is 10.5 Å². The SMILES string of the molecule is O=C(O)Nc1ccc(-c2cn[nH]c2)cc1OC1CCC(O)C1. The summed E-state index contributed by atoms with van der Waals surface area (Å²) in [6.45, 7) is 0. The molecule has 1 aliphatic rings. The number of aromatic amines is 1. The number of H-pyrrole nitrogens is 1. The summed E-state index contributed by atoms with van der Waals surface area (Å²) < 4.78 is 5.90. The smallest absolute Gasteiger partial charge is 0.409 e. The molecule has 116 valence electrons. The van der Waals surface area contributed by atoms with E-state index in [4.69, 9.17) is 9.84 Å². The number of anilines is 1. The number of rotatable bonds is 4. The molecule has 3 rings (SSSR count). The number of nitrogens with zero attached hydrogens (tertiary/aromatic N) is 1. The van der Waals surface area contributed by atoms with Crippen LogP contribution in [0, 0.1) is 0 Å². The molecule has 0 radical (unpaired) electrons. The van der Waals surface area contributed by atoms with Crippen molar-refractivity contribution in [1.82, 2.24) is 10.2 Å². The highest BCUT2D eigenvalue weighted by Gasteiger charge is 2.25. The third-order valence-corrected chi connectivity index (χ3v) is 3.71. The van der Waals surface area contributed by atoms with Crippen molar-refractivity contribution in [2.75, 3.05) is 5.32 Å². The number of aromatic nitrogens is 2. The molecule has 0 bridgehead atoms. The van der Waals surface area contributed by atoms with E-state index in [1.165, 1.54) is 0 Å². The van der Waals surface area contributed by atoms with E-state index in [9.17, 15) is 9.90 Å². The average molecular weight is 303 g/mol. The van der Waals surface area contributed by atoms with Gasteiger partial charge in [-0.2, -0.15) is 5.10 Å². The second-order valence-electron chi connectivity index (χ2n) is 5.33. The molecule has 2 unspecified atom stereocenters. The van der Waals surface area contributed by atoms with Crippen LogP contribution in [0.25, 0.3) is 11.1 Å². The Kier molecular flexibility index (Phi) is 3.97. The quantitative estimate of drug-likeness (QED) is 0.694. The number of amides is 1. The molecule has 0 aliphatic heterocycles. The van der Waals surface area contributed by atoms with Crippen molar-refractivity contribution in [3.8, 4) is 16.9 Å². The number of carbonyl (C=O) groups is 1. The van der Waals surface area contributed by atoms with Gasteiger partial charge in [0.2, 0.25) is 0 Å². The number of nitrogens with one attached hydrogen (secondary N) is 2. The fraction of sp³-hybridized carbons (Fsp3) is 0.333. The van der Waals surface area contributed by atoms with Crippen molar-refractivity contribution in [3.63, 3.8) is 0 Å². The van der Waals surface area contributed by atoms with Crippen molar-refractivity contribution in [1.29, 1.82) is 0 Å². The maximum absolute atomic E-state index is 10.9. The predicted molar refractivity (Wildman–Crippen MR) is 79.9 cm³/mol. The molecule has 1 aliphatic carbocycles. The zero-order valence-electron chi connectivity index (χ0n) is 11.8. The van der Waals surface area contributed by atoms with Gasteiger partial charge in [-0.1, -0.05) is 6.07 Å². The molecule has 1 amide bonds. The molecule has 2 atom stereocenters. The summed E-state index contributed by atoms with van der Waals surface area (Å²) in [6.07, 6.45) is 3.85. The number of hydrogen-bond donors (Lipinski definition) is 4. The number of aliphatic hydroxyl groups excluding tert-OH is 1. The van der Waals surface area contributed by atoms with E-state index in [1.54, 1.807) is 30.6 Å². The van der Waals surface area contributed by atoms with E-state index in [0.717, 1.165) is 17.5 Å². The van der Waals surface area contributed by atoms with Crippen LogP contribution in [0.1, 0.15) is 19.3 Å². The summed E-state index contributed by atoms with van der Waals surface area (Å²) in [4.78, 5) is 10.9. The molecule has 1 fully saturated rings. The van der Waals surface area contributed by atoms with Gasteiger partial charge >= 0.3 is 6.09 Å². The number of carboxylic acid groups (broad SMARTS) is 1. The highest BCUT2D eigenvalue weighted by molar-refractivity contribution is 5.86.